The first-order valence-electron chi connectivity index (χ1n) is 29.3. The Morgan fingerprint density at radius 2 is 0.369 bits per heavy atom. The van der Waals surface area contributed by atoms with Crippen LogP contribution in [-0.2, 0) is 18.1 Å². The van der Waals surface area contributed by atoms with Crippen molar-refractivity contribution in [3.8, 4) is 0 Å². The lowest BCUT2D eigenvalue weighted by Crippen LogP contribution is -2.09. The largest absolute Gasteiger partial charge is 0.474 e. The first kappa shape index (κ1) is 65.1. The van der Waals surface area contributed by atoms with Gasteiger partial charge in [-0.05, 0) is 90.3 Å². The van der Waals surface area contributed by atoms with Gasteiger partial charge >= 0.3 is 7.82 Å². The van der Waals surface area contributed by atoms with E-state index in [1.807, 2.05) is 0 Å². The van der Waals surface area contributed by atoms with Crippen molar-refractivity contribution < 1.29 is 18.1 Å². The van der Waals surface area contributed by atoms with E-state index >= 15 is 0 Å². The molecule has 9 atom stereocenters. The summed E-state index contributed by atoms with van der Waals surface area (Å²) in [4.78, 5) is 0. The summed E-state index contributed by atoms with van der Waals surface area (Å²) >= 11 is 0. The van der Waals surface area contributed by atoms with E-state index in [1.54, 1.807) is 0 Å². The first-order valence-corrected chi connectivity index (χ1v) is 30.8. The van der Waals surface area contributed by atoms with Crippen LogP contribution in [0.4, 0.5) is 0 Å². The van der Waals surface area contributed by atoms with E-state index in [-0.39, 0.29) is 0 Å². The quantitative estimate of drug-likeness (QED) is 0.0570. The number of phosphoric acid groups is 1. The Kier molecular flexibility index (Phi) is 41.9. The van der Waals surface area contributed by atoms with E-state index in [1.165, 1.54) is 173 Å². The third-order valence-electron chi connectivity index (χ3n) is 15.4. The summed E-state index contributed by atoms with van der Waals surface area (Å²) in [5.41, 5.74) is 0. The Hall–Kier alpha value is 0.110. The highest BCUT2D eigenvalue weighted by Gasteiger charge is 2.27. The van der Waals surface area contributed by atoms with E-state index in [4.69, 9.17) is 13.6 Å². The molecule has 3 unspecified atom stereocenters. The Balaban J connectivity index is 4.79. The van der Waals surface area contributed by atoms with E-state index in [0.717, 1.165) is 72.5 Å². The van der Waals surface area contributed by atoms with Crippen LogP contribution in [0.5, 0.6) is 0 Å². The molecule has 0 radical (unpaired) electrons. The van der Waals surface area contributed by atoms with Crippen LogP contribution in [0.1, 0.15) is 296 Å². The van der Waals surface area contributed by atoms with Crippen molar-refractivity contribution in [1.82, 2.24) is 0 Å². The molecular formula is C60H123O4P. The van der Waals surface area contributed by atoms with Crippen molar-refractivity contribution in [2.24, 2.45) is 71.0 Å². The van der Waals surface area contributed by atoms with Gasteiger partial charge in [0.25, 0.3) is 0 Å². The zero-order valence-electron chi connectivity index (χ0n) is 47.3. The van der Waals surface area contributed by atoms with Crippen molar-refractivity contribution in [2.75, 3.05) is 19.8 Å². The van der Waals surface area contributed by atoms with Gasteiger partial charge in [-0.1, -0.05) is 277 Å². The minimum atomic E-state index is -3.61. The van der Waals surface area contributed by atoms with Gasteiger partial charge in [-0.3, -0.25) is 13.6 Å². The summed E-state index contributed by atoms with van der Waals surface area (Å²) in [6.07, 6.45) is 38.8. The fourth-order valence-corrected chi connectivity index (χ4v) is 11.2. The highest BCUT2D eigenvalue weighted by Crippen LogP contribution is 2.50. The van der Waals surface area contributed by atoms with Gasteiger partial charge in [0.1, 0.15) is 0 Å². The number of phosphoric ester groups is 1. The topological polar surface area (TPSA) is 44.8 Å². The maximum Gasteiger partial charge on any atom is 0.474 e. The molecule has 0 aliphatic carbocycles. The molecule has 0 spiro atoms. The maximum atomic E-state index is 14.1. The minimum absolute atomic E-state index is 0.441. The average molecular weight is 940 g/mol. The molecule has 0 amide bonds. The molecule has 0 aliphatic rings. The van der Waals surface area contributed by atoms with Crippen molar-refractivity contribution in [2.45, 2.75) is 296 Å². The molecule has 5 heteroatoms. The molecule has 392 valence electrons. The fourth-order valence-electron chi connectivity index (χ4n) is 10.0. The van der Waals surface area contributed by atoms with Crippen LogP contribution >= 0.6 is 7.82 Å². The highest BCUT2D eigenvalue weighted by atomic mass is 31.2. The third-order valence-corrected chi connectivity index (χ3v) is 16.9. The highest BCUT2D eigenvalue weighted by molar-refractivity contribution is 7.48. The lowest BCUT2D eigenvalue weighted by Gasteiger charge is -2.21. The van der Waals surface area contributed by atoms with Gasteiger partial charge in [0, 0.05) is 0 Å². The van der Waals surface area contributed by atoms with Crippen molar-refractivity contribution in [3.63, 3.8) is 0 Å². The predicted octanol–water partition coefficient (Wildman–Crippen LogP) is 21.5. The molecule has 0 aromatic carbocycles. The number of hydrogen-bond donors (Lipinski definition) is 0. The lowest BCUT2D eigenvalue weighted by atomic mass is 9.91. The number of rotatable bonds is 48. The second-order valence-corrected chi connectivity index (χ2v) is 26.5. The van der Waals surface area contributed by atoms with Gasteiger partial charge in [-0.2, -0.15) is 0 Å². The van der Waals surface area contributed by atoms with Gasteiger partial charge in [0.2, 0.25) is 0 Å². The van der Waals surface area contributed by atoms with Gasteiger partial charge in [0.15, 0.2) is 0 Å². The smallest absolute Gasteiger partial charge is 0.287 e. The van der Waals surface area contributed by atoms with Crippen molar-refractivity contribution >= 4 is 7.82 Å². The Morgan fingerprint density at radius 1 is 0.231 bits per heavy atom. The van der Waals surface area contributed by atoms with E-state index in [2.05, 4.69) is 104 Å². The Morgan fingerprint density at radius 3 is 0.523 bits per heavy atom. The molecule has 0 N–H and O–H groups in total. The van der Waals surface area contributed by atoms with Crippen LogP contribution in [-0.4, -0.2) is 19.8 Å². The van der Waals surface area contributed by atoms with Crippen LogP contribution in [0, 0.1) is 71.0 Å². The zero-order valence-corrected chi connectivity index (χ0v) is 48.2. The Labute approximate surface area is 411 Å². The van der Waals surface area contributed by atoms with Crippen LogP contribution in [0.25, 0.3) is 0 Å². The summed E-state index contributed by atoms with van der Waals surface area (Å²) < 4.78 is 32.5. The number of hydrogen-bond acceptors (Lipinski definition) is 4. The predicted molar refractivity (Wildman–Crippen MR) is 291 cm³/mol. The normalized spacial score (nSPS) is 17.6. The van der Waals surface area contributed by atoms with Crippen LogP contribution < -0.4 is 0 Å². The first-order chi connectivity index (χ1) is 30.8. The average Bonchev–Trinajstić information content (AvgIpc) is 3.20. The summed E-state index contributed by atoms with van der Waals surface area (Å²) in [7, 11) is -3.61. The molecular weight excluding hydrogens is 816 g/mol. The molecule has 4 nitrogen and oxygen atoms in total. The second kappa shape index (κ2) is 41.9. The summed E-state index contributed by atoms with van der Waals surface area (Å²) in [6.45, 7) is 37.1. The molecule has 0 saturated heterocycles. The summed E-state index contributed by atoms with van der Waals surface area (Å²) in [5.74, 6) is 9.11. The SMILES string of the molecule is CC(C)CCC[C@@H](C)CCC[C@@H](C)CCCC(C)CCOP(=O)(OCCC(C)CCC[C@H](C)CCC[C@H](C)CCCC(C)C)OCCC(C)CCC[C@H](C)CCC[C@H](C)CCCC(C)C. The van der Waals surface area contributed by atoms with E-state index in [0.29, 0.717) is 37.6 Å². The van der Waals surface area contributed by atoms with E-state index in [9.17, 15) is 4.57 Å². The minimum Gasteiger partial charge on any atom is -0.287 e. The third kappa shape index (κ3) is 43.8. The maximum absolute atomic E-state index is 14.1. The lowest BCUT2D eigenvalue weighted by molar-refractivity contribution is 0.0994. The van der Waals surface area contributed by atoms with Crippen LogP contribution in [0.2, 0.25) is 0 Å². The van der Waals surface area contributed by atoms with Gasteiger partial charge in [-0.25, -0.2) is 4.57 Å². The molecule has 0 aliphatic heterocycles. The van der Waals surface area contributed by atoms with Crippen LogP contribution in [0.15, 0.2) is 0 Å². The monoisotopic (exact) mass is 939 g/mol. The van der Waals surface area contributed by atoms with Crippen molar-refractivity contribution in [3.05, 3.63) is 0 Å². The standard InChI is InChI=1S/C60H123O4P/c1-49(2)25-16-28-52(7)31-19-34-55(10)37-22-40-58(13)43-46-62-65(61,63-47-44-59(14)41-23-38-56(11)35-20-32-53(8)29-17-26-50(3)4)64-48-45-60(15)42-24-39-57(12)36-21-33-54(9)30-18-27-51(5)6/h49-60H,16-48H2,1-15H3/t52-,53-,54-,55-,56-,57-,58?,59?,60?,65?/m1/s1. The molecule has 0 saturated carbocycles. The second-order valence-electron chi connectivity index (χ2n) is 24.8. The summed E-state index contributed by atoms with van der Waals surface area (Å²) in [6, 6.07) is 0. The molecule has 0 fully saturated rings. The molecule has 0 heterocycles. The van der Waals surface area contributed by atoms with E-state index < -0.39 is 7.82 Å². The molecule has 0 aromatic heterocycles. The van der Waals surface area contributed by atoms with Gasteiger partial charge < -0.3 is 0 Å². The molecule has 0 rings (SSSR count). The van der Waals surface area contributed by atoms with Crippen LogP contribution in [0.3, 0.4) is 0 Å². The zero-order chi connectivity index (χ0) is 48.9. The van der Waals surface area contributed by atoms with Gasteiger partial charge in [0.05, 0.1) is 19.8 Å². The van der Waals surface area contributed by atoms with Crippen molar-refractivity contribution in [1.29, 1.82) is 0 Å². The molecule has 65 heavy (non-hydrogen) atoms. The Bertz CT molecular complexity index is 931. The van der Waals surface area contributed by atoms with Gasteiger partial charge in [-0.15, -0.1) is 0 Å². The molecule has 0 bridgehead atoms. The molecule has 0 aromatic rings. The summed E-state index contributed by atoms with van der Waals surface area (Å²) in [5, 5.41) is 0. The fraction of sp³-hybridized carbons (Fsp3) is 1.00.